The molecule has 3 heteroatoms. The third-order valence-corrected chi connectivity index (χ3v) is 2.52. The summed E-state index contributed by atoms with van der Waals surface area (Å²) in [6, 6.07) is 8.13. The molecule has 2 nitrogen and oxygen atoms in total. The predicted octanol–water partition coefficient (Wildman–Crippen LogP) is 2.94. The van der Waals surface area contributed by atoms with Crippen molar-refractivity contribution in [3.63, 3.8) is 0 Å². The molecular formula is C11H13BrO2. The van der Waals surface area contributed by atoms with Crippen molar-refractivity contribution in [2.75, 3.05) is 7.11 Å². The molecule has 14 heavy (non-hydrogen) atoms. The number of benzene rings is 1. The van der Waals surface area contributed by atoms with Crippen LogP contribution in [0.3, 0.4) is 0 Å². The van der Waals surface area contributed by atoms with Gasteiger partial charge in [0.2, 0.25) is 0 Å². The van der Waals surface area contributed by atoms with Crippen LogP contribution in [0.4, 0.5) is 0 Å². The van der Waals surface area contributed by atoms with E-state index in [0.29, 0.717) is 6.42 Å². The molecular weight excluding hydrogens is 244 g/mol. The Labute approximate surface area is 92.4 Å². The van der Waals surface area contributed by atoms with Gasteiger partial charge in [0.1, 0.15) is 0 Å². The molecule has 0 N–H and O–H groups in total. The lowest BCUT2D eigenvalue weighted by molar-refractivity contribution is -0.140. The number of ether oxygens (including phenoxy) is 1. The van der Waals surface area contributed by atoms with Gasteiger partial charge in [-0.1, -0.05) is 28.1 Å². The van der Waals surface area contributed by atoms with E-state index in [1.165, 1.54) is 12.7 Å². The first-order chi connectivity index (χ1) is 6.72. The Hall–Kier alpha value is -0.830. The van der Waals surface area contributed by atoms with Gasteiger partial charge in [-0.15, -0.1) is 0 Å². The Morgan fingerprint density at radius 2 is 2.00 bits per heavy atom. The molecule has 0 spiro atoms. The van der Waals surface area contributed by atoms with Gasteiger partial charge in [0.25, 0.3) is 0 Å². The molecule has 0 atom stereocenters. The zero-order valence-electron chi connectivity index (χ0n) is 8.13. The quantitative estimate of drug-likeness (QED) is 0.775. The monoisotopic (exact) mass is 256 g/mol. The second-order valence-corrected chi connectivity index (χ2v) is 3.97. The van der Waals surface area contributed by atoms with Crippen molar-refractivity contribution in [3.05, 3.63) is 34.3 Å². The summed E-state index contributed by atoms with van der Waals surface area (Å²) in [7, 11) is 1.42. The Morgan fingerprint density at radius 3 is 2.57 bits per heavy atom. The van der Waals surface area contributed by atoms with Crippen molar-refractivity contribution in [2.24, 2.45) is 0 Å². The number of aryl methyl sites for hydroxylation is 1. The molecule has 0 radical (unpaired) electrons. The molecule has 1 aromatic rings. The molecule has 1 rings (SSSR count). The summed E-state index contributed by atoms with van der Waals surface area (Å²) in [5.41, 5.74) is 1.25. The lowest BCUT2D eigenvalue weighted by atomic mass is 10.1. The molecule has 0 aliphatic carbocycles. The minimum atomic E-state index is -0.137. The van der Waals surface area contributed by atoms with Crippen LogP contribution in [-0.4, -0.2) is 13.1 Å². The molecule has 0 aliphatic rings. The first-order valence-electron chi connectivity index (χ1n) is 4.53. The summed E-state index contributed by atoms with van der Waals surface area (Å²) in [6.45, 7) is 0. The van der Waals surface area contributed by atoms with E-state index in [0.717, 1.165) is 17.3 Å². The summed E-state index contributed by atoms with van der Waals surface area (Å²) in [6.07, 6.45) is 2.25. The van der Waals surface area contributed by atoms with E-state index >= 15 is 0 Å². The smallest absolute Gasteiger partial charge is 0.305 e. The second kappa shape index (κ2) is 5.81. The van der Waals surface area contributed by atoms with E-state index in [1.807, 2.05) is 12.1 Å². The molecule has 1 aromatic carbocycles. The second-order valence-electron chi connectivity index (χ2n) is 3.06. The van der Waals surface area contributed by atoms with Crippen molar-refractivity contribution in [3.8, 4) is 0 Å². The lowest BCUT2D eigenvalue weighted by Gasteiger charge is -2.00. The standard InChI is InChI=1S/C11H13BrO2/c1-14-11(13)4-2-3-9-5-7-10(12)8-6-9/h5-8H,2-4H2,1H3. The Balaban J connectivity index is 2.31. The highest BCUT2D eigenvalue weighted by Gasteiger charge is 2.00. The maximum atomic E-state index is 10.8. The summed E-state index contributed by atoms with van der Waals surface area (Å²) in [5.74, 6) is -0.137. The number of esters is 1. The van der Waals surface area contributed by atoms with Crippen LogP contribution >= 0.6 is 15.9 Å². The Morgan fingerprint density at radius 1 is 1.36 bits per heavy atom. The highest BCUT2D eigenvalue weighted by atomic mass is 79.9. The summed E-state index contributed by atoms with van der Waals surface area (Å²) in [4.78, 5) is 10.8. The number of methoxy groups -OCH3 is 1. The summed E-state index contributed by atoms with van der Waals surface area (Å²) >= 11 is 3.37. The van der Waals surface area contributed by atoms with Crippen LogP contribution in [-0.2, 0) is 16.0 Å². The summed E-state index contributed by atoms with van der Waals surface area (Å²) < 4.78 is 5.64. The van der Waals surface area contributed by atoms with Crippen molar-refractivity contribution in [2.45, 2.75) is 19.3 Å². The fraction of sp³-hybridized carbons (Fsp3) is 0.364. The SMILES string of the molecule is COC(=O)CCCc1ccc(Br)cc1. The maximum absolute atomic E-state index is 10.8. The van der Waals surface area contributed by atoms with Crippen molar-refractivity contribution in [1.29, 1.82) is 0 Å². The maximum Gasteiger partial charge on any atom is 0.305 e. The number of rotatable bonds is 4. The van der Waals surface area contributed by atoms with Gasteiger partial charge in [-0.25, -0.2) is 0 Å². The number of hydrogen-bond donors (Lipinski definition) is 0. The number of carbonyl (C=O) groups is 1. The average Bonchev–Trinajstić information content (AvgIpc) is 2.21. The van der Waals surface area contributed by atoms with Gasteiger partial charge < -0.3 is 4.74 Å². The summed E-state index contributed by atoms with van der Waals surface area (Å²) in [5, 5.41) is 0. The zero-order chi connectivity index (χ0) is 10.4. The molecule has 0 fully saturated rings. The van der Waals surface area contributed by atoms with Crippen LogP contribution in [0.2, 0.25) is 0 Å². The molecule has 0 heterocycles. The largest absolute Gasteiger partial charge is 0.469 e. The van der Waals surface area contributed by atoms with Gasteiger partial charge in [-0.05, 0) is 30.5 Å². The third-order valence-electron chi connectivity index (χ3n) is 1.99. The molecule has 0 aliphatic heterocycles. The minimum absolute atomic E-state index is 0.137. The van der Waals surface area contributed by atoms with Gasteiger partial charge in [0, 0.05) is 10.9 Å². The van der Waals surface area contributed by atoms with E-state index in [2.05, 4.69) is 32.8 Å². The molecule has 0 bridgehead atoms. The van der Waals surface area contributed by atoms with E-state index in [-0.39, 0.29) is 5.97 Å². The first kappa shape index (κ1) is 11.2. The molecule has 76 valence electrons. The molecule has 0 amide bonds. The molecule has 0 aromatic heterocycles. The van der Waals surface area contributed by atoms with Crippen LogP contribution in [0.25, 0.3) is 0 Å². The molecule has 0 unspecified atom stereocenters. The van der Waals surface area contributed by atoms with Crippen LogP contribution in [0.5, 0.6) is 0 Å². The van der Waals surface area contributed by atoms with Crippen molar-refractivity contribution < 1.29 is 9.53 Å². The third kappa shape index (κ3) is 3.92. The zero-order valence-corrected chi connectivity index (χ0v) is 9.71. The number of hydrogen-bond acceptors (Lipinski definition) is 2. The van der Waals surface area contributed by atoms with E-state index in [4.69, 9.17) is 0 Å². The van der Waals surface area contributed by atoms with Gasteiger partial charge in [-0.2, -0.15) is 0 Å². The molecule has 0 saturated carbocycles. The van der Waals surface area contributed by atoms with E-state index in [9.17, 15) is 4.79 Å². The van der Waals surface area contributed by atoms with Crippen molar-refractivity contribution in [1.82, 2.24) is 0 Å². The number of carbonyl (C=O) groups excluding carboxylic acids is 1. The van der Waals surface area contributed by atoms with Gasteiger partial charge >= 0.3 is 5.97 Å². The highest BCUT2D eigenvalue weighted by molar-refractivity contribution is 9.10. The van der Waals surface area contributed by atoms with E-state index < -0.39 is 0 Å². The fourth-order valence-electron chi connectivity index (χ4n) is 1.19. The highest BCUT2D eigenvalue weighted by Crippen LogP contribution is 2.12. The average molecular weight is 257 g/mol. The van der Waals surface area contributed by atoms with E-state index in [1.54, 1.807) is 0 Å². The molecule has 0 saturated heterocycles. The van der Waals surface area contributed by atoms with Crippen LogP contribution in [0, 0.1) is 0 Å². The van der Waals surface area contributed by atoms with Crippen LogP contribution in [0.1, 0.15) is 18.4 Å². The normalized spacial score (nSPS) is 9.86. The topological polar surface area (TPSA) is 26.3 Å². The predicted molar refractivity (Wildman–Crippen MR) is 59.1 cm³/mol. The van der Waals surface area contributed by atoms with Crippen LogP contribution in [0.15, 0.2) is 28.7 Å². The van der Waals surface area contributed by atoms with Crippen LogP contribution < -0.4 is 0 Å². The lowest BCUT2D eigenvalue weighted by Crippen LogP contribution is -2.00. The van der Waals surface area contributed by atoms with Gasteiger partial charge in [0.05, 0.1) is 7.11 Å². The van der Waals surface area contributed by atoms with Crippen molar-refractivity contribution >= 4 is 21.9 Å². The minimum Gasteiger partial charge on any atom is -0.469 e. The van der Waals surface area contributed by atoms with Gasteiger partial charge in [-0.3, -0.25) is 4.79 Å². The fourth-order valence-corrected chi connectivity index (χ4v) is 1.45. The van der Waals surface area contributed by atoms with Gasteiger partial charge in [0.15, 0.2) is 0 Å². The first-order valence-corrected chi connectivity index (χ1v) is 5.33. The Kier molecular flexibility index (Phi) is 4.66. The Bertz CT molecular complexity index is 293. The number of halogens is 1.